The van der Waals surface area contributed by atoms with E-state index in [9.17, 15) is 9.59 Å². The molecular weight excluding hydrogens is 294 g/mol. The number of rotatable bonds is 5. The van der Waals surface area contributed by atoms with Crippen LogP contribution in [0.2, 0.25) is 0 Å². The zero-order valence-electron chi connectivity index (χ0n) is 13.8. The summed E-state index contributed by atoms with van der Waals surface area (Å²) < 4.78 is 10.7. The number of Topliss-reactive ketones (excluding diaryl/α,β-unsaturated/α-hetero) is 1. The van der Waals surface area contributed by atoms with E-state index in [1.54, 1.807) is 13.8 Å². The Bertz CT molecular complexity index is 598. The van der Waals surface area contributed by atoms with E-state index in [0.717, 1.165) is 5.56 Å². The molecule has 3 atom stereocenters. The van der Waals surface area contributed by atoms with Crippen LogP contribution >= 0.6 is 0 Å². The SMILES string of the molecule is C=C1C(=O)[C@](C)(C(=O)OC)[C@@H](CNCc2ccccc2)O[C@H]1C. The lowest BCUT2D eigenvalue weighted by molar-refractivity contribution is -0.174. The van der Waals surface area contributed by atoms with Crippen molar-refractivity contribution >= 4 is 11.8 Å². The van der Waals surface area contributed by atoms with Gasteiger partial charge in [0.1, 0.15) is 0 Å². The molecule has 0 aromatic heterocycles. The van der Waals surface area contributed by atoms with E-state index in [1.807, 2.05) is 30.3 Å². The van der Waals surface area contributed by atoms with Crippen LogP contribution in [0.25, 0.3) is 0 Å². The lowest BCUT2D eigenvalue weighted by Gasteiger charge is -2.41. The number of carbonyl (C=O) groups is 2. The second-order valence-electron chi connectivity index (χ2n) is 5.93. The monoisotopic (exact) mass is 317 g/mol. The maximum Gasteiger partial charge on any atom is 0.322 e. The molecule has 1 aromatic carbocycles. The van der Waals surface area contributed by atoms with Crippen molar-refractivity contribution in [1.82, 2.24) is 5.32 Å². The average molecular weight is 317 g/mol. The number of methoxy groups -OCH3 is 1. The van der Waals surface area contributed by atoms with Crippen LogP contribution in [0.15, 0.2) is 42.5 Å². The topological polar surface area (TPSA) is 64.6 Å². The Kier molecular flexibility index (Phi) is 5.34. The van der Waals surface area contributed by atoms with Crippen molar-refractivity contribution in [2.75, 3.05) is 13.7 Å². The molecule has 1 fully saturated rings. The summed E-state index contributed by atoms with van der Waals surface area (Å²) in [5.74, 6) is -0.906. The number of ketones is 1. The Morgan fingerprint density at radius 3 is 2.65 bits per heavy atom. The van der Waals surface area contributed by atoms with Gasteiger partial charge in [0, 0.05) is 18.7 Å². The quantitative estimate of drug-likeness (QED) is 0.510. The van der Waals surface area contributed by atoms with Crippen LogP contribution in [0.4, 0.5) is 0 Å². The molecule has 1 aromatic rings. The summed E-state index contributed by atoms with van der Waals surface area (Å²) in [4.78, 5) is 24.8. The molecule has 0 amide bonds. The average Bonchev–Trinajstić information content (AvgIpc) is 2.57. The molecule has 1 heterocycles. The third-order valence-electron chi connectivity index (χ3n) is 4.38. The number of ether oxygens (including phenoxy) is 2. The highest BCUT2D eigenvalue weighted by atomic mass is 16.5. The van der Waals surface area contributed by atoms with E-state index >= 15 is 0 Å². The van der Waals surface area contributed by atoms with Crippen molar-refractivity contribution in [2.24, 2.45) is 5.41 Å². The fourth-order valence-electron chi connectivity index (χ4n) is 2.76. The fraction of sp³-hybridized carbons (Fsp3) is 0.444. The van der Waals surface area contributed by atoms with Crippen LogP contribution in [-0.2, 0) is 25.6 Å². The summed E-state index contributed by atoms with van der Waals surface area (Å²) in [6, 6.07) is 9.88. The minimum absolute atomic E-state index is 0.303. The first-order chi connectivity index (χ1) is 10.9. The standard InChI is InChI=1S/C18H23NO4/c1-12-13(2)23-15(18(3,16(12)20)17(21)22-4)11-19-10-14-8-6-5-7-9-14/h5-9,13,15,19H,1,10-11H2,2-4H3/t13-,15+,18+/m0/s1. The molecule has 0 unspecified atom stereocenters. The molecule has 2 rings (SSSR count). The van der Waals surface area contributed by atoms with Crippen LogP contribution in [-0.4, -0.2) is 37.6 Å². The minimum Gasteiger partial charge on any atom is -0.468 e. The molecule has 1 aliphatic rings. The number of esters is 1. The van der Waals surface area contributed by atoms with E-state index in [1.165, 1.54) is 7.11 Å². The third-order valence-corrected chi connectivity index (χ3v) is 4.38. The smallest absolute Gasteiger partial charge is 0.322 e. The molecule has 0 spiro atoms. The Balaban J connectivity index is 2.11. The molecule has 0 saturated carbocycles. The van der Waals surface area contributed by atoms with E-state index in [0.29, 0.717) is 18.7 Å². The Morgan fingerprint density at radius 2 is 2.04 bits per heavy atom. The predicted molar refractivity (Wildman–Crippen MR) is 86.8 cm³/mol. The van der Waals surface area contributed by atoms with Gasteiger partial charge in [-0.2, -0.15) is 0 Å². The van der Waals surface area contributed by atoms with Gasteiger partial charge in [0.05, 0.1) is 19.3 Å². The third kappa shape index (κ3) is 3.35. The highest BCUT2D eigenvalue weighted by molar-refractivity contribution is 6.13. The molecule has 1 aliphatic heterocycles. The Labute approximate surface area is 136 Å². The van der Waals surface area contributed by atoms with Crippen LogP contribution in [0.1, 0.15) is 19.4 Å². The van der Waals surface area contributed by atoms with Crippen molar-refractivity contribution in [3.8, 4) is 0 Å². The first-order valence-corrected chi connectivity index (χ1v) is 7.63. The molecule has 5 nitrogen and oxygen atoms in total. The summed E-state index contributed by atoms with van der Waals surface area (Å²) >= 11 is 0. The van der Waals surface area contributed by atoms with Crippen molar-refractivity contribution in [1.29, 1.82) is 0 Å². The maximum atomic E-state index is 12.6. The molecule has 0 aliphatic carbocycles. The number of hydrogen-bond acceptors (Lipinski definition) is 5. The van der Waals surface area contributed by atoms with Gasteiger partial charge in [-0.25, -0.2) is 0 Å². The molecule has 124 valence electrons. The van der Waals surface area contributed by atoms with Gasteiger partial charge >= 0.3 is 5.97 Å². The van der Waals surface area contributed by atoms with Gasteiger partial charge in [-0.3, -0.25) is 9.59 Å². The summed E-state index contributed by atoms with van der Waals surface area (Å²) in [5, 5.41) is 3.25. The summed E-state index contributed by atoms with van der Waals surface area (Å²) in [6.45, 7) is 8.07. The van der Waals surface area contributed by atoms with Gasteiger partial charge in [-0.05, 0) is 19.4 Å². The largest absolute Gasteiger partial charge is 0.468 e. The summed E-state index contributed by atoms with van der Waals surface area (Å²) in [5.41, 5.74) is 0.0475. The number of benzene rings is 1. The van der Waals surface area contributed by atoms with Crippen LogP contribution < -0.4 is 5.32 Å². The molecule has 0 bridgehead atoms. The summed E-state index contributed by atoms with van der Waals surface area (Å²) in [7, 11) is 1.27. The van der Waals surface area contributed by atoms with Crippen LogP contribution in [0.5, 0.6) is 0 Å². The lowest BCUT2D eigenvalue weighted by atomic mass is 9.74. The van der Waals surface area contributed by atoms with Gasteiger partial charge in [0.25, 0.3) is 0 Å². The summed E-state index contributed by atoms with van der Waals surface area (Å²) in [6.07, 6.45) is -1.02. The van der Waals surface area contributed by atoms with Crippen molar-refractivity contribution in [2.45, 2.75) is 32.6 Å². The second kappa shape index (κ2) is 7.06. The first-order valence-electron chi connectivity index (χ1n) is 7.63. The van der Waals surface area contributed by atoms with E-state index < -0.39 is 23.6 Å². The number of carbonyl (C=O) groups excluding carboxylic acids is 2. The van der Waals surface area contributed by atoms with E-state index in [2.05, 4.69) is 11.9 Å². The number of nitrogens with one attached hydrogen (secondary N) is 1. The predicted octanol–water partition coefficient (Wildman–Crippen LogP) is 1.87. The second-order valence-corrected chi connectivity index (χ2v) is 5.93. The maximum absolute atomic E-state index is 12.6. The number of hydrogen-bond donors (Lipinski definition) is 1. The Morgan fingerprint density at radius 1 is 1.39 bits per heavy atom. The zero-order chi connectivity index (χ0) is 17.0. The van der Waals surface area contributed by atoms with E-state index in [4.69, 9.17) is 9.47 Å². The molecule has 5 heteroatoms. The zero-order valence-corrected chi connectivity index (χ0v) is 13.8. The van der Waals surface area contributed by atoms with E-state index in [-0.39, 0.29) is 5.78 Å². The van der Waals surface area contributed by atoms with Crippen molar-refractivity contribution in [3.05, 3.63) is 48.0 Å². The van der Waals surface area contributed by atoms with Gasteiger partial charge < -0.3 is 14.8 Å². The normalized spacial score (nSPS) is 27.8. The van der Waals surface area contributed by atoms with Crippen molar-refractivity contribution < 1.29 is 19.1 Å². The lowest BCUT2D eigenvalue weighted by Crippen LogP contribution is -2.58. The molecular formula is C18H23NO4. The Hall–Kier alpha value is -1.98. The van der Waals surface area contributed by atoms with Crippen LogP contribution in [0.3, 0.4) is 0 Å². The molecule has 0 radical (unpaired) electrons. The van der Waals surface area contributed by atoms with Gasteiger partial charge in [-0.1, -0.05) is 36.9 Å². The first kappa shape index (κ1) is 17.4. The highest BCUT2D eigenvalue weighted by Crippen LogP contribution is 2.36. The molecule has 1 N–H and O–H groups in total. The van der Waals surface area contributed by atoms with Gasteiger partial charge in [-0.15, -0.1) is 0 Å². The molecule has 23 heavy (non-hydrogen) atoms. The molecule has 1 saturated heterocycles. The van der Waals surface area contributed by atoms with Crippen molar-refractivity contribution in [3.63, 3.8) is 0 Å². The van der Waals surface area contributed by atoms with Crippen LogP contribution in [0, 0.1) is 5.41 Å². The van der Waals surface area contributed by atoms with Gasteiger partial charge in [0.15, 0.2) is 11.2 Å². The van der Waals surface area contributed by atoms with Gasteiger partial charge in [0.2, 0.25) is 0 Å². The fourth-order valence-corrected chi connectivity index (χ4v) is 2.76. The highest BCUT2D eigenvalue weighted by Gasteiger charge is 2.54. The minimum atomic E-state index is -1.37.